The zero-order valence-electron chi connectivity index (χ0n) is 9.99. The van der Waals surface area contributed by atoms with Crippen LogP contribution in [0.25, 0.3) is 0 Å². The molecule has 2 aliphatic rings. The minimum absolute atomic E-state index is 0.0203. The highest BCUT2D eigenvalue weighted by molar-refractivity contribution is 4.83. The summed E-state index contributed by atoms with van der Waals surface area (Å²) in [5.41, 5.74) is 0. The van der Waals surface area contributed by atoms with E-state index in [1.165, 1.54) is 51.5 Å². The number of aliphatic hydroxyl groups is 1. The Balaban J connectivity index is 1.85. The van der Waals surface area contributed by atoms with Crippen molar-refractivity contribution in [1.82, 2.24) is 4.90 Å². The van der Waals surface area contributed by atoms with E-state index in [1.54, 1.807) is 0 Å². The van der Waals surface area contributed by atoms with E-state index in [4.69, 9.17) is 0 Å². The van der Waals surface area contributed by atoms with E-state index in [9.17, 15) is 5.11 Å². The van der Waals surface area contributed by atoms with Crippen molar-refractivity contribution in [2.24, 2.45) is 11.8 Å². The van der Waals surface area contributed by atoms with Crippen molar-refractivity contribution in [3.05, 3.63) is 0 Å². The van der Waals surface area contributed by atoms with Gasteiger partial charge in [-0.3, -0.25) is 0 Å². The molecule has 2 rings (SSSR count). The van der Waals surface area contributed by atoms with Crippen molar-refractivity contribution < 1.29 is 5.11 Å². The van der Waals surface area contributed by atoms with Gasteiger partial charge in [0.05, 0.1) is 6.10 Å². The lowest BCUT2D eigenvalue weighted by Crippen LogP contribution is -2.41. The van der Waals surface area contributed by atoms with Crippen LogP contribution in [-0.2, 0) is 0 Å². The number of piperidine rings is 1. The predicted octanol–water partition coefficient (Wildman–Crippen LogP) is 2.27. The summed E-state index contributed by atoms with van der Waals surface area (Å²) in [6, 6.07) is 0. The van der Waals surface area contributed by atoms with Crippen LogP contribution in [0.5, 0.6) is 0 Å². The Bertz CT molecular complexity index is 189. The fourth-order valence-electron chi connectivity index (χ4n) is 3.35. The lowest BCUT2D eigenvalue weighted by Gasteiger charge is -2.37. The summed E-state index contributed by atoms with van der Waals surface area (Å²) in [5.74, 6) is 1.15. The van der Waals surface area contributed by atoms with E-state index in [2.05, 4.69) is 11.9 Å². The summed E-state index contributed by atoms with van der Waals surface area (Å²) in [4.78, 5) is 2.38. The van der Waals surface area contributed by atoms with Gasteiger partial charge in [-0.2, -0.15) is 0 Å². The molecule has 0 aromatic rings. The zero-order valence-corrected chi connectivity index (χ0v) is 9.99. The van der Waals surface area contributed by atoms with Gasteiger partial charge in [0.1, 0.15) is 0 Å². The molecule has 2 nitrogen and oxygen atoms in total. The molecule has 0 bridgehead atoms. The van der Waals surface area contributed by atoms with Gasteiger partial charge in [-0.25, -0.2) is 0 Å². The number of aliphatic hydroxyl groups excluding tert-OH is 1. The van der Waals surface area contributed by atoms with Gasteiger partial charge in [0.25, 0.3) is 0 Å². The number of nitrogens with zero attached hydrogens (tertiary/aromatic N) is 1. The Morgan fingerprint density at radius 3 is 2.33 bits per heavy atom. The summed E-state index contributed by atoms with van der Waals surface area (Å²) in [5, 5.41) is 10.4. The zero-order chi connectivity index (χ0) is 10.7. The van der Waals surface area contributed by atoms with Crippen molar-refractivity contribution >= 4 is 0 Å². The average molecular weight is 211 g/mol. The SMILES string of the molecule is CN1CCCC(C(O)C2CCCCC2)C1. The highest BCUT2D eigenvalue weighted by Crippen LogP contribution is 2.32. The Morgan fingerprint density at radius 2 is 1.67 bits per heavy atom. The molecule has 15 heavy (non-hydrogen) atoms. The van der Waals surface area contributed by atoms with Crippen molar-refractivity contribution in [1.29, 1.82) is 0 Å². The molecule has 1 heterocycles. The largest absolute Gasteiger partial charge is 0.393 e. The van der Waals surface area contributed by atoms with Crippen LogP contribution < -0.4 is 0 Å². The summed E-state index contributed by atoms with van der Waals surface area (Å²) in [6.07, 6.45) is 9.07. The molecule has 0 amide bonds. The van der Waals surface area contributed by atoms with Gasteiger partial charge in [0, 0.05) is 6.54 Å². The maximum atomic E-state index is 10.4. The van der Waals surface area contributed by atoms with Gasteiger partial charge in [-0.05, 0) is 51.1 Å². The van der Waals surface area contributed by atoms with Crippen molar-refractivity contribution in [3.8, 4) is 0 Å². The molecule has 1 N–H and O–H groups in total. The molecule has 0 aromatic carbocycles. The summed E-state index contributed by atoms with van der Waals surface area (Å²) >= 11 is 0. The Morgan fingerprint density at radius 1 is 1.00 bits per heavy atom. The van der Waals surface area contributed by atoms with Crippen LogP contribution in [0.2, 0.25) is 0 Å². The highest BCUT2D eigenvalue weighted by Gasteiger charge is 2.30. The fraction of sp³-hybridized carbons (Fsp3) is 1.00. The van der Waals surface area contributed by atoms with Crippen LogP contribution >= 0.6 is 0 Å². The number of hydrogen-bond donors (Lipinski definition) is 1. The molecule has 0 aromatic heterocycles. The molecule has 2 atom stereocenters. The summed E-state index contributed by atoms with van der Waals surface area (Å²) < 4.78 is 0. The van der Waals surface area contributed by atoms with Gasteiger partial charge in [0.2, 0.25) is 0 Å². The molecule has 2 fully saturated rings. The lowest BCUT2D eigenvalue weighted by molar-refractivity contribution is 0.00464. The van der Waals surface area contributed by atoms with E-state index >= 15 is 0 Å². The molecule has 2 heteroatoms. The maximum Gasteiger partial charge on any atom is 0.0608 e. The van der Waals surface area contributed by atoms with Crippen molar-refractivity contribution in [2.45, 2.75) is 51.0 Å². The van der Waals surface area contributed by atoms with Gasteiger partial charge in [0.15, 0.2) is 0 Å². The second-order valence-electron chi connectivity index (χ2n) is 5.55. The van der Waals surface area contributed by atoms with Crippen LogP contribution in [0.3, 0.4) is 0 Å². The number of likely N-dealkylation sites (tertiary alicyclic amines) is 1. The van der Waals surface area contributed by atoms with E-state index < -0.39 is 0 Å². The summed E-state index contributed by atoms with van der Waals surface area (Å²) in [6.45, 7) is 2.32. The van der Waals surface area contributed by atoms with Crippen LogP contribution in [0, 0.1) is 11.8 Å². The third kappa shape index (κ3) is 2.94. The van der Waals surface area contributed by atoms with Crippen molar-refractivity contribution in [3.63, 3.8) is 0 Å². The summed E-state index contributed by atoms with van der Waals surface area (Å²) in [7, 11) is 2.18. The Hall–Kier alpha value is -0.0800. The molecule has 1 aliphatic heterocycles. The normalized spacial score (nSPS) is 32.8. The molecule has 0 spiro atoms. The van der Waals surface area contributed by atoms with E-state index in [0.717, 1.165) is 6.54 Å². The highest BCUT2D eigenvalue weighted by atomic mass is 16.3. The van der Waals surface area contributed by atoms with E-state index in [1.807, 2.05) is 0 Å². The minimum atomic E-state index is -0.0203. The Labute approximate surface area is 93.7 Å². The van der Waals surface area contributed by atoms with E-state index in [0.29, 0.717) is 11.8 Å². The van der Waals surface area contributed by atoms with Gasteiger partial charge >= 0.3 is 0 Å². The minimum Gasteiger partial charge on any atom is -0.393 e. The van der Waals surface area contributed by atoms with Crippen molar-refractivity contribution in [2.75, 3.05) is 20.1 Å². The van der Waals surface area contributed by atoms with Crippen LogP contribution in [-0.4, -0.2) is 36.2 Å². The molecule has 1 aliphatic carbocycles. The number of hydrogen-bond acceptors (Lipinski definition) is 2. The third-order valence-electron chi connectivity index (χ3n) is 4.28. The van der Waals surface area contributed by atoms with Crippen LogP contribution in [0.4, 0.5) is 0 Å². The topological polar surface area (TPSA) is 23.5 Å². The first-order chi connectivity index (χ1) is 7.27. The quantitative estimate of drug-likeness (QED) is 0.757. The smallest absolute Gasteiger partial charge is 0.0608 e. The number of rotatable bonds is 2. The first kappa shape index (κ1) is 11.4. The first-order valence-corrected chi connectivity index (χ1v) is 6.64. The second kappa shape index (κ2) is 5.31. The standard InChI is InChI=1S/C13H25NO/c1-14-9-5-8-12(10-14)13(15)11-6-3-2-4-7-11/h11-13,15H,2-10H2,1H3. The predicted molar refractivity (Wildman–Crippen MR) is 62.8 cm³/mol. The monoisotopic (exact) mass is 211 g/mol. The van der Waals surface area contributed by atoms with Gasteiger partial charge in [-0.15, -0.1) is 0 Å². The van der Waals surface area contributed by atoms with Gasteiger partial charge in [-0.1, -0.05) is 19.3 Å². The second-order valence-corrected chi connectivity index (χ2v) is 5.55. The average Bonchev–Trinajstić information content (AvgIpc) is 2.29. The first-order valence-electron chi connectivity index (χ1n) is 6.64. The third-order valence-corrected chi connectivity index (χ3v) is 4.28. The Kier molecular flexibility index (Phi) is 4.04. The molecule has 1 saturated carbocycles. The van der Waals surface area contributed by atoms with Crippen LogP contribution in [0.1, 0.15) is 44.9 Å². The fourth-order valence-corrected chi connectivity index (χ4v) is 3.35. The van der Waals surface area contributed by atoms with E-state index in [-0.39, 0.29) is 6.10 Å². The molecule has 2 unspecified atom stereocenters. The molecule has 1 saturated heterocycles. The molecular formula is C13H25NO. The molecular weight excluding hydrogens is 186 g/mol. The van der Waals surface area contributed by atoms with Gasteiger partial charge < -0.3 is 10.0 Å². The maximum absolute atomic E-state index is 10.4. The lowest BCUT2D eigenvalue weighted by atomic mass is 9.78. The molecule has 88 valence electrons. The van der Waals surface area contributed by atoms with Crippen LogP contribution in [0.15, 0.2) is 0 Å². The molecule has 0 radical (unpaired) electrons.